The molecule has 2 amide bonds. The first kappa shape index (κ1) is 20.9. The molecule has 152 valence electrons. The van der Waals surface area contributed by atoms with Crippen LogP contribution in [0.15, 0.2) is 53.5 Å². The zero-order valence-corrected chi connectivity index (χ0v) is 17.0. The lowest BCUT2D eigenvalue weighted by molar-refractivity contribution is -0.128. The predicted molar refractivity (Wildman–Crippen MR) is 113 cm³/mol. The van der Waals surface area contributed by atoms with Gasteiger partial charge in [0, 0.05) is 18.7 Å². The van der Waals surface area contributed by atoms with Gasteiger partial charge in [0.1, 0.15) is 16.8 Å². The molecule has 1 N–H and O–H groups in total. The number of thioether (sulfide) groups is 1. The molecule has 0 saturated carbocycles. The molecule has 1 saturated heterocycles. The van der Waals surface area contributed by atoms with Gasteiger partial charge in [-0.3, -0.25) is 14.5 Å². The number of nitrogens with one attached hydrogen (secondary N) is 1. The molecular formula is C21H22FN3O3S. The lowest BCUT2D eigenvalue weighted by Crippen LogP contribution is -2.33. The van der Waals surface area contributed by atoms with E-state index in [4.69, 9.17) is 4.74 Å². The fourth-order valence-electron chi connectivity index (χ4n) is 2.85. The molecule has 1 fully saturated rings. The van der Waals surface area contributed by atoms with Crippen LogP contribution in [-0.4, -0.2) is 40.3 Å². The molecule has 1 aliphatic heterocycles. The Morgan fingerprint density at radius 2 is 2.00 bits per heavy atom. The van der Waals surface area contributed by atoms with Crippen LogP contribution in [-0.2, 0) is 9.59 Å². The number of aliphatic imine (C=N–C) groups is 1. The molecule has 0 bridgehead atoms. The number of ether oxygens (including phenoxy) is 1. The van der Waals surface area contributed by atoms with Gasteiger partial charge >= 0.3 is 0 Å². The highest BCUT2D eigenvalue weighted by Crippen LogP contribution is 2.31. The molecule has 0 aromatic heterocycles. The maximum atomic E-state index is 13.4. The van der Waals surface area contributed by atoms with Gasteiger partial charge in [-0.15, -0.1) is 0 Å². The second-order valence-electron chi connectivity index (χ2n) is 6.27. The zero-order valence-electron chi connectivity index (χ0n) is 16.2. The third kappa shape index (κ3) is 5.35. The van der Waals surface area contributed by atoms with E-state index in [1.165, 1.54) is 28.8 Å². The SMILES string of the molecule is CCOc1ccc(NC(=O)C[C@@H]2SC(=Nc3cccc(F)c3)N(CC)C2=O)cc1. The van der Waals surface area contributed by atoms with E-state index in [9.17, 15) is 14.0 Å². The van der Waals surface area contributed by atoms with Crippen molar-refractivity contribution in [3.63, 3.8) is 0 Å². The Labute approximate surface area is 173 Å². The monoisotopic (exact) mass is 415 g/mol. The van der Waals surface area contributed by atoms with Gasteiger partial charge in [-0.05, 0) is 56.3 Å². The second kappa shape index (κ2) is 9.56. The van der Waals surface area contributed by atoms with Crippen LogP contribution in [0.25, 0.3) is 0 Å². The van der Waals surface area contributed by atoms with Gasteiger partial charge in [-0.1, -0.05) is 17.8 Å². The molecule has 2 aromatic carbocycles. The molecule has 1 aliphatic rings. The number of hydrogen-bond acceptors (Lipinski definition) is 5. The van der Waals surface area contributed by atoms with E-state index in [-0.39, 0.29) is 18.2 Å². The van der Waals surface area contributed by atoms with Gasteiger partial charge in [0.2, 0.25) is 11.8 Å². The molecule has 2 aromatic rings. The van der Waals surface area contributed by atoms with E-state index in [1.807, 2.05) is 13.8 Å². The standard InChI is InChI=1S/C21H22FN3O3S/c1-3-25-20(27)18(29-21(25)24-16-7-5-6-14(22)12-16)13-19(26)23-15-8-10-17(11-9-15)28-4-2/h5-12,18H,3-4,13H2,1-2H3,(H,23,26)/t18-/m0/s1. The molecule has 0 spiro atoms. The minimum absolute atomic E-state index is 0.0232. The summed E-state index contributed by atoms with van der Waals surface area (Å²) in [5.74, 6) is -0.100. The molecule has 0 radical (unpaired) electrons. The van der Waals surface area contributed by atoms with Crippen LogP contribution in [0.2, 0.25) is 0 Å². The van der Waals surface area contributed by atoms with Crippen molar-refractivity contribution < 1.29 is 18.7 Å². The maximum Gasteiger partial charge on any atom is 0.242 e. The predicted octanol–water partition coefficient (Wildman–Crippen LogP) is 4.20. The molecule has 1 heterocycles. The van der Waals surface area contributed by atoms with Gasteiger partial charge in [0.25, 0.3) is 0 Å². The summed E-state index contributed by atoms with van der Waals surface area (Å²) in [5.41, 5.74) is 1.06. The number of benzene rings is 2. The number of rotatable bonds is 7. The smallest absolute Gasteiger partial charge is 0.242 e. The fraction of sp³-hybridized carbons (Fsp3) is 0.286. The van der Waals surface area contributed by atoms with Crippen LogP contribution in [0.4, 0.5) is 15.8 Å². The number of amides is 2. The molecule has 0 unspecified atom stereocenters. The first-order valence-electron chi connectivity index (χ1n) is 9.35. The van der Waals surface area contributed by atoms with E-state index >= 15 is 0 Å². The summed E-state index contributed by atoms with van der Waals surface area (Å²) in [6.07, 6.45) is 0.0232. The van der Waals surface area contributed by atoms with Crippen LogP contribution in [0.1, 0.15) is 20.3 Å². The van der Waals surface area contributed by atoms with Crippen LogP contribution >= 0.6 is 11.8 Å². The summed E-state index contributed by atoms with van der Waals surface area (Å²) in [5, 5.41) is 2.70. The molecule has 0 aliphatic carbocycles. The normalized spacial score (nSPS) is 17.6. The topological polar surface area (TPSA) is 71.0 Å². The number of carbonyl (C=O) groups excluding carboxylic acids is 2. The van der Waals surface area contributed by atoms with Gasteiger partial charge in [0.15, 0.2) is 5.17 Å². The Morgan fingerprint density at radius 3 is 2.66 bits per heavy atom. The Hall–Kier alpha value is -2.87. The maximum absolute atomic E-state index is 13.4. The number of nitrogens with zero attached hydrogens (tertiary/aromatic N) is 2. The molecule has 3 rings (SSSR count). The Morgan fingerprint density at radius 1 is 1.24 bits per heavy atom. The summed E-state index contributed by atoms with van der Waals surface area (Å²) in [7, 11) is 0. The third-order valence-corrected chi connectivity index (χ3v) is 5.36. The summed E-state index contributed by atoms with van der Waals surface area (Å²) in [6, 6.07) is 12.9. The minimum Gasteiger partial charge on any atom is -0.494 e. The van der Waals surface area contributed by atoms with Crippen molar-refractivity contribution in [1.82, 2.24) is 4.90 Å². The lowest BCUT2D eigenvalue weighted by Gasteiger charge is -2.13. The highest BCUT2D eigenvalue weighted by atomic mass is 32.2. The van der Waals surface area contributed by atoms with Crippen LogP contribution in [0.3, 0.4) is 0 Å². The Kier molecular flexibility index (Phi) is 6.87. The van der Waals surface area contributed by atoms with E-state index in [1.54, 1.807) is 36.4 Å². The van der Waals surface area contributed by atoms with Crippen LogP contribution in [0, 0.1) is 5.82 Å². The van der Waals surface area contributed by atoms with Crippen molar-refractivity contribution >= 4 is 40.1 Å². The minimum atomic E-state index is -0.565. The molecule has 6 nitrogen and oxygen atoms in total. The molecule has 8 heteroatoms. The van der Waals surface area contributed by atoms with E-state index in [0.717, 1.165) is 5.75 Å². The second-order valence-corrected chi connectivity index (χ2v) is 7.44. The summed E-state index contributed by atoms with van der Waals surface area (Å²) < 4.78 is 18.8. The van der Waals surface area contributed by atoms with E-state index in [0.29, 0.717) is 29.7 Å². The molecule has 1 atom stereocenters. The number of hydrogen-bond donors (Lipinski definition) is 1. The quantitative estimate of drug-likeness (QED) is 0.736. The summed E-state index contributed by atoms with van der Waals surface area (Å²) in [6.45, 7) is 4.73. The fourth-order valence-corrected chi connectivity index (χ4v) is 4.08. The average Bonchev–Trinajstić information content (AvgIpc) is 2.97. The van der Waals surface area contributed by atoms with Crippen molar-refractivity contribution in [2.45, 2.75) is 25.5 Å². The number of anilines is 1. The van der Waals surface area contributed by atoms with Crippen molar-refractivity contribution in [2.24, 2.45) is 4.99 Å². The van der Waals surface area contributed by atoms with Crippen LogP contribution in [0.5, 0.6) is 5.75 Å². The largest absolute Gasteiger partial charge is 0.494 e. The number of halogens is 1. The molecular weight excluding hydrogens is 393 g/mol. The van der Waals surface area contributed by atoms with Gasteiger partial charge < -0.3 is 10.1 Å². The highest BCUT2D eigenvalue weighted by Gasteiger charge is 2.38. The van der Waals surface area contributed by atoms with Gasteiger partial charge in [0.05, 0.1) is 12.3 Å². The average molecular weight is 415 g/mol. The van der Waals surface area contributed by atoms with Crippen LogP contribution < -0.4 is 10.1 Å². The van der Waals surface area contributed by atoms with Crippen molar-refractivity contribution in [3.8, 4) is 5.75 Å². The first-order chi connectivity index (χ1) is 14.0. The Balaban J connectivity index is 1.66. The van der Waals surface area contributed by atoms with E-state index < -0.39 is 11.1 Å². The number of carbonyl (C=O) groups is 2. The first-order valence-corrected chi connectivity index (χ1v) is 10.2. The Bertz CT molecular complexity index is 918. The third-order valence-electron chi connectivity index (χ3n) is 4.19. The van der Waals surface area contributed by atoms with E-state index in [2.05, 4.69) is 10.3 Å². The number of amidine groups is 1. The van der Waals surface area contributed by atoms with Crippen molar-refractivity contribution in [1.29, 1.82) is 0 Å². The zero-order chi connectivity index (χ0) is 20.8. The summed E-state index contributed by atoms with van der Waals surface area (Å²) >= 11 is 1.22. The summed E-state index contributed by atoms with van der Waals surface area (Å²) in [4.78, 5) is 31.0. The van der Waals surface area contributed by atoms with Gasteiger partial charge in [-0.25, -0.2) is 9.38 Å². The lowest BCUT2D eigenvalue weighted by atomic mass is 10.2. The highest BCUT2D eigenvalue weighted by molar-refractivity contribution is 8.15. The molecule has 29 heavy (non-hydrogen) atoms. The van der Waals surface area contributed by atoms with Crippen molar-refractivity contribution in [2.75, 3.05) is 18.5 Å². The van der Waals surface area contributed by atoms with Gasteiger partial charge in [-0.2, -0.15) is 0 Å². The van der Waals surface area contributed by atoms with Crippen molar-refractivity contribution in [3.05, 3.63) is 54.3 Å².